The number of carbonyl (C=O) groups is 1. The molecule has 2 heterocycles. The van der Waals surface area contributed by atoms with E-state index in [0.717, 1.165) is 42.6 Å². The predicted octanol–water partition coefficient (Wildman–Crippen LogP) is 2.66. The zero-order valence-electron chi connectivity index (χ0n) is 17.9. The second-order valence-corrected chi connectivity index (χ2v) is 7.24. The molecule has 30 heavy (non-hydrogen) atoms. The number of esters is 1. The Morgan fingerprint density at radius 2 is 2.07 bits per heavy atom. The average molecular weight is 526 g/mol. The summed E-state index contributed by atoms with van der Waals surface area (Å²) in [5.74, 6) is 2.25. The van der Waals surface area contributed by atoms with Gasteiger partial charge in [-0.2, -0.15) is 0 Å². The summed E-state index contributed by atoms with van der Waals surface area (Å²) in [5.41, 5.74) is 1.14. The third-order valence-electron chi connectivity index (χ3n) is 5.18. The van der Waals surface area contributed by atoms with Crippen molar-refractivity contribution in [3.63, 3.8) is 0 Å². The summed E-state index contributed by atoms with van der Waals surface area (Å²) in [6, 6.07) is 10.1. The quantitative estimate of drug-likeness (QED) is 0.270. The topological polar surface area (TPSA) is 84.6 Å². The highest BCUT2D eigenvalue weighted by Gasteiger charge is 2.28. The summed E-state index contributed by atoms with van der Waals surface area (Å²) in [7, 11) is 1.95. The van der Waals surface area contributed by atoms with Crippen LogP contribution in [0.25, 0.3) is 0 Å². The minimum absolute atomic E-state index is 0. The van der Waals surface area contributed by atoms with Gasteiger partial charge in [-0.15, -0.1) is 34.2 Å². The van der Waals surface area contributed by atoms with Crippen LogP contribution in [0, 0.1) is 12.8 Å². The highest BCUT2D eigenvalue weighted by atomic mass is 127. The van der Waals surface area contributed by atoms with Crippen molar-refractivity contribution in [2.75, 3.05) is 19.7 Å². The number of hydrogen-bond acceptors (Lipinski definition) is 5. The Morgan fingerprint density at radius 1 is 1.30 bits per heavy atom. The molecule has 9 heteroatoms. The van der Waals surface area contributed by atoms with Gasteiger partial charge in [0.05, 0.1) is 25.6 Å². The van der Waals surface area contributed by atoms with E-state index in [1.807, 2.05) is 43.7 Å². The van der Waals surface area contributed by atoms with E-state index >= 15 is 0 Å². The van der Waals surface area contributed by atoms with Gasteiger partial charge in [0.2, 0.25) is 0 Å². The minimum Gasteiger partial charge on any atom is -0.466 e. The Balaban J connectivity index is 0.00000320. The number of hydrogen-bond donors (Lipinski definition) is 1. The molecule has 1 aliphatic heterocycles. The SMILES string of the molecule is CCOC(=O)C1CCCN(C(=NCc2ccccc2)NCc2nnc(C)n2C)C1.I. The number of benzene rings is 1. The van der Waals surface area contributed by atoms with E-state index in [4.69, 9.17) is 9.73 Å². The summed E-state index contributed by atoms with van der Waals surface area (Å²) in [6.45, 7) is 6.73. The van der Waals surface area contributed by atoms with Gasteiger partial charge in [0.15, 0.2) is 11.8 Å². The summed E-state index contributed by atoms with van der Waals surface area (Å²) < 4.78 is 7.20. The summed E-state index contributed by atoms with van der Waals surface area (Å²) in [6.07, 6.45) is 1.78. The molecule has 2 aromatic rings. The fourth-order valence-electron chi connectivity index (χ4n) is 3.40. The number of nitrogens with zero attached hydrogens (tertiary/aromatic N) is 5. The Morgan fingerprint density at radius 3 is 2.73 bits per heavy atom. The maximum atomic E-state index is 12.2. The number of aryl methyl sites for hydroxylation is 1. The number of likely N-dealkylation sites (tertiary alicyclic amines) is 1. The monoisotopic (exact) mass is 526 g/mol. The molecule has 0 bridgehead atoms. The second-order valence-electron chi connectivity index (χ2n) is 7.24. The second kappa shape index (κ2) is 11.9. The molecule has 1 N–H and O–H groups in total. The largest absolute Gasteiger partial charge is 0.466 e. The Labute approximate surface area is 195 Å². The van der Waals surface area contributed by atoms with Gasteiger partial charge in [-0.05, 0) is 32.3 Å². The molecule has 1 fully saturated rings. The number of aliphatic imine (C=N–C) groups is 1. The fourth-order valence-corrected chi connectivity index (χ4v) is 3.40. The summed E-state index contributed by atoms with van der Waals surface area (Å²) in [5, 5.41) is 11.8. The lowest BCUT2D eigenvalue weighted by Gasteiger charge is -2.34. The van der Waals surface area contributed by atoms with Crippen molar-refractivity contribution in [2.24, 2.45) is 18.0 Å². The number of ether oxygens (including phenoxy) is 1. The number of nitrogens with one attached hydrogen (secondary N) is 1. The first kappa shape index (κ1) is 24.1. The van der Waals surface area contributed by atoms with Gasteiger partial charge < -0.3 is 19.5 Å². The van der Waals surface area contributed by atoms with Crippen LogP contribution >= 0.6 is 24.0 Å². The van der Waals surface area contributed by atoms with Crippen molar-refractivity contribution in [3.05, 3.63) is 47.5 Å². The molecule has 1 aromatic carbocycles. The number of guanidine groups is 1. The molecule has 1 aliphatic rings. The van der Waals surface area contributed by atoms with Crippen molar-refractivity contribution < 1.29 is 9.53 Å². The first-order valence-corrected chi connectivity index (χ1v) is 10.2. The van der Waals surface area contributed by atoms with Crippen molar-refractivity contribution in [1.82, 2.24) is 25.0 Å². The van der Waals surface area contributed by atoms with Gasteiger partial charge in [0, 0.05) is 20.1 Å². The molecule has 0 spiro atoms. The molecule has 1 atom stereocenters. The van der Waals surface area contributed by atoms with Crippen molar-refractivity contribution in [3.8, 4) is 0 Å². The summed E-state index contributed by atoms with van der Waals surface area (Å²) in [4.78, 5) is 19.2. The van der Waals surface area contributed by atoms with E-state index in [9.17, 15) is 4.79 Å². The summed E-state index contributed by atoms with van der Waals surface area (Å²) >= 11 is 0. The van der Waals surface area contributed by atoms with Crippen molar-refractivity contribution >= 4 is 35.9 Å². The zero-order chi connectivity index (χ0) is 20.6. The van der Waals surface area contributed by atoms with E-state index in [-0.39, 0.29) is 35.9 Å². The smallest absolute Gasteiger partial charge is 0.310 e. The van der Waals surface area contributed by atoms with Crippen LogP contribution in [-0.4, -0.2) is 51.3 Å². The van der Waals surface area contributed by atoms with Crippen LogP contribution in [0.3, 0.4) is 0 Å². The van der Waals surface area contributed by atoms with E-state index < -0.39 is 0 Å². The van der Waals surface area contributed by atoms with Crippen LogP contribution in [0.1, 0.15) is 37.0 Å². The predicted molar refractivity (Wildman–Crippen MR) is 127 cm³/mol. The molecule has 8 nitrogen and oxygen atoms in total. The first-order chi connectivity index (χ1) is 14.1. The van der Waals surface area contributed by atoms with Crippen LogP contribution in [0.5, 0.6) is 0 Å². The third-order valence-corrected chi connectivity index (χ3v) is 5.18. The van der Waals surface area contributed by atoms with Gasteiger partial charge in [0.25, 0.3) is 0 Å². The van der Waals surface area contributed by atoms with Gasteiger partial charge in [0.1, 0.15) is 5.82 Å². The lowest BCUT2D eigenvalue weighted by Crippen LogP contribution is -2.48. The molecule has 0 saturated carbocycles. The minimum atomic E-state index is -0.122. The standard InChI is InChI=1S/C21H30N6O2.HI/c1-4-29-20(28)18-11-8-12-27(15-18)21(22-13-17-9-6-5-7-10-17)23-14-19-25-24-16(2)26(19)3;/h5-7,9-10,18H,4,8,11-15H2,1-3H3,(H,22,23);1H. The number of aromatic nitrogens is 3. The number of rotatable bonds is 6. The highest BCUT2D eigenvalue weighted by Crippen LogP contribution is 2.18. The molecular formula is C21H31IN6O2. The van der Waals surface area contributed by atoms with Crippen LogP contribution in [0.4, 0.5) is 0 Å². The molecule has 0 radical (unpaired) electrons. The fraction of sp³-hybridized carbons (Fsp3) is 0.524. The number of halogens is 1. The molecule has 1 unspecified atom stereocenters. The average Bonchev–Trinajstić information content (AvgIpc) is 3.07. The lowest BCUT2D eigenvalue weighted by atomic mass is 9.98. The number of carbonyl (C=O) groups excluding carboxylic acids is 1. The molecule has 164 valence electrons. The van der Waals surface area contributed by atoms with Crippen LogP contribution in [-0.2, 0) is 29.7 Å². The third kappa shape index (κ3) is 6.41. The Bertz CT molecular complexity index is 839. The van der Waals surface area contributed by atoms with Crippen LogP contribution < -0.4 is 5.32 Å². The lowest BCUT2D eigenvalue weighted by molar-refractivity contribution is -0.149. The molecule has 0 amide bonds. The van der Waals surface area contributed by atoms with E-state index in [2.05, 4.69) is 32.5 Å². The van der Waals surface area contributed by atoms with E-state index in [1.165, 1.54) is 0 Å². The van der Waals surface area contributed by atoms with Gasteiger partial charge in [-0.3, -0.25) is 4.79 Å². The Hall–Kier alpha value is -2.17. The molecular weight excluding hydrogens is 495 g/mol. The molecule has 0 aliphatic carbocycles. The maximum Gasteiger partial charge on any atom is 0.310 e. The van der Waals surface area contributed by atoms with Gasteiger partial charge in [-0.1, -0.05) is 30.3 Å². The molecule has 3 rings (SSSR count). The molecule has 1 saturated heterocycles. The number of piperidine rings is 1. The Kier molecular flexibility index (Phi) is 9.54. The maximum absolute atomic E-state index is 12.2. The van der Waals surface area contributed by atoms with Crippen molar-refractivity contribution in [2.45, 2.75) is 39.8 Å². The highest BCUT2D eigenvalue weighted by molar-refractivity contribution is 14.0. The molecule has 1 aromatic heterocycles. The van der Waals surface area contributed by atoms with Crippen LogP contribution in [0.15, 0.2) is 35.3 Å². The van der Waals surface area contributed by atoms with Gasteiger partial charge in [-0.25, -0.2) is 4.99 Å². The van der Waals surface area contributed by atoms with E-state index in [0.29, 0.717) is 26.2 Å². The van der Waals surface area contributed by atoms with Crippen LogP contribution in [0.2, 0.25) is 0 Å². The van der Waals surface area contributed by atoms with Crippen molar-refractivity contribution in [1.29, 1.82) is 0 Å². The van der Waals surface area contributed by atoms with Gasteiger partial charge >= 0.3 is 5.97 Å². The first-order valence-electron chi connectivity index (χ1n) is 10.2. The van der Waals surface area contributed by atoms with E-state index in [1.54, 1.807) is 0 Å². The normalized spacial score (nSPS) is 16.7. The zero-order valence-corrected chi connectivity index (χ0v) is 20.2.